The van der Waals surface area contributed by atoms with Crippen molar-refractivity contribution in [1.82, 2.24) is 9.97 Å². The number of rotatable bonds is 5. The smallest absolute Gasteiger partial charge is 0.247 e. The van der Waals surface area contributed by atoms with Crippen LogP contribution in [-0.4, -0.2) is 41.0 Å². The lowest BCUT2D eigenvalue weighted by molar-refractivity contribution is -0.124. The minimum atomic E-state index is -0.510. The Balaban J connectivity index is 1.24. The summed E-state index contributed by atoms with van der Waals surface area (Å²) in [7, 11) is 0. The molecule has 0 radical (unpaired) electrons. The molecule has 1 spiro atoms. The summed E-state index contributed by atoms with van der Waals surface area (Å²) in [6.45, 7) is 1.17. The predicted octanol–water partition coefficient (Wildman–Crippen LogP) is 4.56. The molecule has 4 N–H and O–H groups in total. The molecule has 1 atom stereocenters. The molecule has 8 nitrogen and oxygen atoms in total. The molecule has 0 bridgehead atoms. The summed E-state index contributed by atoms with van der Waals surface area (Å²) in [5.41, 5.74) is 3.78. The molecular weight excluding hydrogens is 442 g/mol. The van der Waals surface area contributed by atoms with Crippen LogP contribution in [0.15, 0.2) is 42.5 Å². The Kier molecular flexibility index (Phi) is 5.68. The zero-order chi connectivity index (χ0) is 23.8. The molecule has 2 amide bonds. The Hall–Kier alpha value is -3.39. The Morgan fingerprint density at radius 2 is 1.89 bits per heavy atom. The van der Waals surface area contributed by atoms with Gasteiger partial charge in [0.15, 0.2) is 0 Å². The zero-order valence-electron chi connectivity index (χ0n) is 19.7. The quantitative estimate of drug-likeness (QED) is 0.434. The molecule has 6 rings (SSSR count). The molecule has 2 aliphatic heterocycles. The van der Waals surface area contributed by atoms with Crippen LogP contribution in [0.2, 0.25) is 0 Å². The van der Waals surface area contributed by atoms with Crippen molar-refractivity contribution in [3.63, 3.8) is 0 Å². The van der Waals surface area contributed by atoms with Gasteiger partial charge in [0.05, 0.1) is 16.4 Å². The van der Waals surface area contributed by atoms with E-state index in [1.165, 1.54) is 6.42 Å². The monoisotopic (exact) mass is 473 g/mol. The lowest BCUT2D eigenvalue weighted by Crippen LogP contribution is -2.42. The van der Waals surface area contributed by atoms with Crippen LogP contribution in [-0.2, 0) is 19.7 Å². The number of aromatic nitrogens is 2. The average molecular weight is 474 g/mol. The maximum atomic E-state index is 13.6. The van der Waals surface area contributed by atoms with E-state index < -0.39 is 11.5 Å². The van der Waals surface area contributed by atoms with Crippen molar-refractivity contribution in [2.75, 3.05) is 29.2 Å². The highest BCUT2D eigenvalue weighted by atomic mass is 16.5. The number of fused-ring (bicyclic) bond motifs is 3. The molecule has 1 unspecified atom stereocenters. The first kappa shape index (κ1) is 22.1. The van der Waals surface area contributed by atoms with Gasteiger partial charge in [0.1, 0.15) is 6.04 Å². The number of carbonyl (C=O) groups excluding carboxylic acids is 2. The van der Waals surface area contributed by atoms with Crippen LogP contribution in [0.4, 0.5) is 17.3 Å². The molecule has 1 saturated carbocycles. The van der Waals surface area contributed by atoms with Gasteiger partial charge in [0.25, 0.3) is 0 Å². The van der Waals surface area contributed by atoms with E-state index in [0.717, 1.165) is 48.0 Å². The normalized spacial score (nSPS) is 20.4. The van der Waals surface area contributed by atoms with Gasteiger partial charge in [-0.25, -0.2) is 4.98 Å². The molecule has 1 saturated heterocycles. The van der Waals surface area contributed by atoms with Crippen molar-refractivity contribution in [2.24, 2.45) is 5.92 Å². The van der Waals surface area contributed by atoms with Crippen molar-refractivity contribution in [1.29, 1.82) is 0 Å². The SMILES string of the molecule is O=C(Nc1ccc2c(c1)NC(=O)C21CCOCC1)C(Nc1nc2ccccc2[nH]1)C1CCCCC1. The first-order valence-corrected chi connectivity index (χ1v) is 12.7. The maximum absolute atomic E-state index is 13.6. The maximum Gasteiger partial charge on any atom is 0.247 e. The summed E-state index contributed by atoms with van der Waals surface area (Å²) in [4.78, 5) is 34.4. The van der Waals surface area contributed by atoms with E-state index in [1.54, 1.807) is 0 Å². The van der Waals surface area contributed by atoms with Crippen LogP contribution in [0.3, 0.4) is 0 Å². The second-order valence-corrected chi connectivity index (χ2v) is 10.0. The van der Waals surface area contributed by atoms with Gasteiger partial charge in [-0.3, -0.25) is 9.59 Å². The number of imidazole rings is 1. The topological polar surface area (TPSA) is 108 Å². The summed E-state index contributed by atoms with van der Waals surface area (Å²) >= 11 is 0. The predicted molar refractivity (Wildman–Crippen MR) is 136 cm³/mol. The van der Waals surface area contributed by atoms with Crippen LogP contribution in [0.25, 0.3) is 11.0 Å². The van der Waals surface area contributed by atoms with Crippen molar-refractivity contribution in [3.8, 4) is 0 Å². The lowest BCUT2D eigenvalue weighted by Gasteiger charge is -2.31. The van der Waals surface area contributed by atoms with Crippen LogP contribution in [0.1, 0.15) is 50.5 Å². The summed E-state index contributed by atoms with van der Waals surface area (Å²) in [5, 5.41) is 9.55. The molecule has 182 valence electrons. The van der Waals surface area contributed by atoms with E-state index >= 15 is 0 Å². The van der Waals surface area contributed by atoms with Crippen LogP contribution >= 0.6 is 0 Å². The van der Waals surface area contributed by atoms with Gasteiger partial charge in [0, 0.05) is 24.6 Å². The third-order valence-corrected chi connectivity index (χ3v) is 7.92. The molecular formula is C27H31N5O3. The highest BCUT2D eigenvalue weighted by Gasteiger charge is 2.47. The van der Waals surface area contributed by atoms with Crippen molar-refractivity contribution >= 4 is 40.2 Å². The Bertz CT molecular complexity index is 1220. The van der Waals surface area contributed by atoms with Gasteiger partial charge in [-0.15, -0.1) is 0 Å². The Morgan fingerprint density at radius 1 is 1.09 bits per heavy atom. The van der Waals surface area contributed by atoms with Crippen molar-refractivity contribution < 1.29 is 14.3 Å². The number of carbonyl (C=O) groups is 2. The standard InChI is InChI=1S/C27H31N5O3/c33-24(28-18-10-11-19-22(16-18)29-25(34)27(19)12-14-35-15-13-27)23(17-6-2-1-3-7-17)32-26-30-20-8-4-5-9-21(20)31-26/h4-5,8-11,16-17,23H,1-3,6-7,12-15H2,(H,28,33)(H,29,34)(H2,30,31,32). The minimum absolute atomic E-state index is 0.0333. The van der Waals surface area contributed by atoms with Gasteiger partial charge in [-0.05, 0) is 61.4 Å². The molecule has 8 heteroatoms. The summed E-state index contributed by atoms with van der Waals surface area (Å²) in [5.74, 6) is 0.796. The Morgan fingerprint density at radius 3 is 2.69 bits per heavy atom. The third kappa shape index (κ3) is 4.05. The number of nitrogens with one attached hydrogen (secondary N) is 4. The molecule has 3 heterocycles. The van der Waals surface area contributed by atoms with Gasteiger partial charge < -0.3 is 25.7 Å². The highest BCUT2D eigenvalue weighted by molar-refractivity contribution is 6.07. The number of para-hydroxylation sites is 2. The molecule has 1 aromatic heterocycles. The zero-order valence-corrected chi connectivity index (χ0v) is 19.7. The van der Waals surface area contributed by atoms with Gasteiger partial charge in [-0.2, -0.15) is 0 Å². The van der Waals surface area contributed by atoms with Gasteiger partial charge in [-0.1, -0.05) is 37.5 Å². The number of nitrogens with zero attached hydrogens (tertiary/aromatic N) is 1. The molecule has 2 fully saturated rings. The van der Waals surface area contributed by atoms with E-state index in [-0.39, 0.29) is 17.7 Å². The first-order chi connectivity index (χ1) is 17.1. The molecule has 2 aromatic carbocycles. The second-order valence-electron chi connectivity index (χ2n) is 10.0. The minimum Gasteiger partial charge on any atom is -0.381 e. The summed E-state index contributed by atoms with van der Waals surface area (Å²) in [6.07, 6.45) is 6.87. The number of anilines is 3. The van der Waals surface area contributed by atoms with Crippen LogP contribution in [0, 0.1) is 5.92 Å². The van der Waals surface area contributed by atoms with Gasteiger partial charge in [0.2, 0.25) is 17.8 Å². The fraction of sp³-hybridized carbons (Fsp3) is 0.444. The van der Waals surface area contributed by atoms with Crippen LogP contribution in [0.5, 0.6) is 0 Å². The van der Waals surface area contributed by atoms with Gasteiger partial charge >= 0.3 is 0 Å². The summed E-state index contributed by atoms with van der Waals surface area (Å²) in [6, 6.07) is 13.2. The number of amides is 2. The van der Waals surface area contributed by atoms with E-state index in [1.807, 2.05) is 42.5 Å². The Labute approximate surface area is 204 Å². The number of aromatic amines is 1. The van der Waals surface area contributed by atoms with Crippen LogP contribution < -0.4 is 16.0 Å². The number of H-pyrrole nitrogens is 1. The van der Waals surface area contributed by atoms with E-state index in [2.05, 4.69) is 25.9 Å². The summed E-state index contributed by atoms with van der Waals surface area (Å²) < 4.78 is 5.50. The van der Waals surface area contributed by atoms with E-state index in [0.29, 0.717) is 37.7 Å². The number of hydrogen-bond acceptors (Lipinski definition) is 5. The molecule has 35 heavy (non-hydrogen) atoms. The second kappa shape index (κ2) is 9.00. The number of benzene rings is 2. The van der Waals surface area contributed by atoms with E-state index in [9.17, 15) is 9.59 Å². The molecule has 3 aromatic rings. The van der Waals surface area contributed by atoms with Crippen molar-refractivity contribution in [2.45, 2.75) is 56.4 Å². The number of hydrogen-bond donors (Lipinski definition) is 4. The average Bonchev–Trinajstić information content (AvgIpc) is 3.41. The first-order valence-electron chi connectivity index (χ1n) is 12.7. The molecule has 1 aliphatic carbocycles. The fourth-order valence-corrected chi connectivity index (χ4v) is 5.98. The van der Waals surface area contributed by atoms with E-state index in [4.69, 9.17) is 4.74 Å². The van der Waals surface area contributed by atoms with Crippen molar-refractivity contribution in [3.05, 3.63) is 48.0 Å². The highest BCUT2D eigenvalue weighted by Crippen LogP contribution is 2.45. The largest absolute Gasteiger partial charge is 0.381 e. The third-order valence-electron chi connectivity index (χ3n) is 7.92. The molecule has 3 aliphatic rings. The number of ether oxygens (including phenoxy) is 1. The fourth-order valence-electron chi connectivity index (χ4n) is 5.98. The lowest BCUT2D eigenvalue weighted by atomic mass is 9.75.